The van der Waals surface area contributed by atoms with Crippen LogP contribution in [0, 0.1) is 10.1 Å². The number of nitro groups is 1. The minimum Gasteiger partial charge on any atom is -0.504 e. The van der Waals surface area contributed by atoms with Gasteiger partial charge in [0.05, 0.1) is 32.7 Å². The van der Waals surface area contributed by atoms with Crippen molar-refractivity contribution in [2.75, 3.05) is 17.6 Å². The van der Waals surface area contributed by atoms with E-state index in [0.717, 1.165) is 48.7 Å². The van der Waals surface area contributed by atoms with Gasteiger partial charge in [0, 0.05) is 35.2 Å². The summed E-state index contributed by atoms with van der Waals surface area (Å²) in [5.74, 6) is -0.436. The van der Waals surface area contributed by atoms with E-state index >= 15 is 0 Å². The Bertz CT molecular complexity index is 2130. The summed E-state index contributed by atoms with van der Waals surface area (Å²) in [6, 6.07) is 12.3. The Balaban J connectivity index is 1.93. The zero-order valence-electron chi connectivity index (χ0n) is 22.2. The normalized spacial score (nSPS) is 12.4. The number of sulfone groups is 1. The van der Waals surface area contributed by atoms with Crippen molar-refractivity contribution in [2.24, 2.45) is 10.2 Å². The molecule has 0 radical (unpaired) electrons. The monoisotopic (exact) mass is 650 g/mol. The molecule has 0 bridgehead atoms. The van der Waals surface area contributed by atoms with E-state index in [4.69, 9.17) is 4.74 Å². The van der Waals surface area contributed by atoms with Crippen LogP contribution in [0.5, 0.6) is 11.5 Å². The van der Waals surface area contributed by atoms with E-state index < -0.39 is 55.3 Å². The number of phenolic OH excluding ortho intramolecular Hbond substituents is 1. The fourth-order valence-corrected chi connectivity index (χ4v) is 6.50. The molecule has 0 unspecified atom stereocenters. The maximum Gasteiger partial charge on any atom is 0.294 e. The van der Waals surface area contributed by atoms with Crippen molar-refractivity contribution >= 4 is 63.5 Å². The Kier molecular flexibility index (Phi) is 8.41. The van der Waals surface area contributed by atoms with Gasteiger partial charge in [-0.2, -0.15) is 8.42 Å². The number of rotatable bonds is 10. The fraction of sp³-hybridized carbons (Fsp3) is 0.120. The Labute approximate surface area is 245 Å². The molecule has 0 aliphatic carbocycles. The molecule has 0 aliphatic rings. The van der Waals surface area contributed by atoms with Crippen LogP contribution < -0.4 is 9.46 Å². The summed E-state index contributed by atoms with van der Waals surface area (Å²) in [5.41, 5.74) is -0.997. The highest BCUT2D eigenvalue weighted by Crippen LogP contribution is 2.45. The van der Waals surface area contributed by atoms with Gasteiger partial charge in [-0.15, -0.1) is 10.2 Å². The maximum absolute atomic E-state index is 13.3. The molecular formula is C25H22N4O11S3. The van der Waals surface area contributed by atoms with Crippen LogP contribution in [0.4, 0.5) is 22.7 Å². The summed E-state index contributed by atoms with van der Waals surface area (Å²) in [4.78, 5) is 8.75. The molecule has 0 heterocycles. The third kappa shape index (κ3) is 6.72. The lowest BCUT2D eigenvalue weighted by atomic mass is 10.1. The molecule has 4 aromatic rings. The molecule has 4 aromatic carbocycles. The van der Waals surface area contributed by atoms with Crippen molar-refractivity contribution in [2.45, 2.75) is 21.6 Å². The lowest BCUT2D eigenvalue weighted by Crippen LogP contribution is -2.14. The molecule has 18 heteroatoms. The van der Waals surface area contributed by atoms with Crippen LogP contribution in [-0.2, 0) is 30.0 Å². The first kappa shape index (κ1) is 31.3. The third-order valence-corrected chi connectivity index (χ3v) is 9.19. The highest BCUT2D eigenvalue weighted by Gasteiger charge is 2.23. The third-order valence-electron chi connectivity index (χ3n) is 5.85. The van der Waals surface area contributed by atoms with Crippen molar-refractivity contribution < 1.29 is 44.6 Å². The van der Waals surface area contributed by atoms with Crippen LogP contribution in [0.1, 0.15) is 6.92 Å². The van der Waals surface area contributed by atoms with Crippen molar-refractivity contribution in [1.29, 1.82) is 0 Å². The van der Waals surface area contributed by atoms with E-state index in [1.54, 1.807) is 6.92 Å². The number of anilines is 1. The van der Waals surface area contributed by atoms with Crippen molar-refractivity contribution in [3.05, 3.63) is 76.8 Å². The van der Waals surface area contributed by atoms with Crippen LogP contribution in [-0.4, -0.2) is 52.7 Å². The van der Waals surface area contributed by atoms with Crippen LogP contribution in [0.15, 0.2) is 91.6 Å². The summed E-state index contributed by atoms with van der Waals surface area (Å²) in [7, 11) is -13.2. The second kappa shape index (κ2) is 11.6. The highest BCUT2D eigenvalue weighted by molar-refractivity contribution is 7.92. The first-order valence-corrected chi connectivity index (χ1v) is 16.8. The Morgan fingerprint density at radius 1 is 0.907 bits per heavy atom. The number of ether oxygens (including phenoxy) is 1. The number of phenols is 1. The van der Waals surface area contributed by atoms with E-state index in [2.05, 4.69) is 15.0 Å². The molecule has 0 saturated carbocycles. The zero-order chi connectivity index (χ0) is 31.7. The minimum atomic E-state index is -4.72. The number of fused-ring (bicyclic) bond motifs is 1. The van der Waals surface area contributed by atoms with Gasteiger partial charge in [0.2, 0.25) is 0 Å². The Hall–Kier alpha value is -4.65. The number of hydrogen-bond acceptors (Lipinski definition) is 12. The molecule has 226 valence electrons. The van der Waals surface area contributed by atoms with Gasteiger partial charge in [0.15, 0.2) is 21.3 Å². The molecule has 3 N–H and O–H groups in total. The van der Waals surface area contributed by atoms with E-state index in [-0.39, 0.29) is 45.9 Å². The van der Waals surface area contributed by atoms with Crippen LogP contribution >= 0.6 is 0 Å². The van der Waals surface area contributed by atoms with Crippen LogP contribution in [0.25, 0.3) is 10.8 Å². The number of nitro benzene ring substituents is 1. The molecule has 0 spiro atoms. The summed E-state index contributed by atoms with van der Waals surface area (Å²) in [5, 5.41) is 30.2. The van der Waals surface area contributed by atoms with Gasteiger partial charge in [-0.3, -0.25) is 19.4 Å². The summed E-state index contributed by atoms with van der Waals surface area (Å²) in [6.07, 6.45) is 0.831. The molecule has 0 amide bonds. The molecule has 0 saturated heterocycles. The van der Waals surface area contributed by atoms with Gasteiger partial charge in [-0.25, -0.2) is 16.8 Å². The van der Waals surface area contributed by atoms with E-state index in [1.165, 1.54) is 24.3 Å². The number of non-ortho nitro benzene ring substituents is 1. The Morgan fingerprint density at radius 3 is 2.19 bits per heavy atom. The summed E-state index contributed by atoms with van der Waals surface area (Å²) in [6.45, 7) is 1.76. The largest absolute Gasteiger partial charge is 0.504 e. The number of hydrogen-bond donors (Lipinski definition) is 3. The first-order chi connectivity index (χ1) is 20.0. The van der Waals surface area contributed by atoms with Gasteiger partial charge in [0.1, 0.15) is 10.6 Å². The lowest BCUT2D eigenvalue weighted by molar-refractivity contribution is -0.385. The van der Waals surface area contributed by atoms with Gasteiger partial charge in [0.25, 0.3) is 25.8 Å². The highest BCUT2D eigenvalue weighted by atomic mass is 32.2. The molecule has 4 rings (SSSR count). The van der Waals surface area contributed by atoms with E-state index in [0.29, 0.717) is 0 Å². The molecule has 0 fully saturated rings. The van der Waals surface area contributed by atoms with Gasteiger partial charge in [-0.05, 0) is 37.3 Å². The second-order valence-corrected chi connectivity index (χ2v) is 13.9. The van der Waals surface area contributed by atoms with E-state index in [1.807, 2.05) is 0 Å². The number of sulfonamides is 1. The standard InChI is InChI=1S/C25H22N4O11S3/c1-3-40-22-14-21(27-26-19-11-10-15(29(31)32)12-23(19)41(2,33)34)24-18(25(22)30)8-5-9-20(24)28-42(35,36)16-6-4-7-17(13-16)43(37,38)39/h4-14,28,30H,3H2,1-2H3,(H,37,38,39). The van der Waals surface area contributed by atoms with Crippen molar-refractivity contribution in [1.82, 2.24) is 0 Å². The zero-order valence-corrected chi connectivity index (χ0v) is 24.6. The number of aromatic hydroxyl groups is 1. The van der Waals surface area contributed by atoms with Crippen LogP contribution in [0.2, 0.25) is 0 Å². The predicted molar refractivity (Wildman–Crippen MR) is 154 cm³/mol. The van der Waals surface area contributed by atoms with Gasteiger partial charge < -0.3 is 9.84 Å². The quantitative estimate of drug-likeness (QED) is 0.0919. The number of nitrogens with zero attached hydrogens (tertiary/aromatic N) is 3. The minimum absolute atomic E-state index is 0.00969. The average molecular weight is 651 g/mol. The lowest BCUT2D eigenvalue weighted by Gasteiger charge is -2.15. The number of nitrogens with one attached hydrogen (secondary N) is 1. The average Bonchev–Trinajstić information content (AvgIpc) is 2.93. The SMILES string of the molecule is CCOc1cc(N=Nc2ccc([N+](=O)[O-])cc2S(C)(=O)=O)c2c(NS(=O)(=O)c3cccc(S(=O)(=O)O)c3)cccc2c1O. The fourth-order valence-electron chi connectivity index (χ4n) is 3.96. The molecule has 0 aromatic heterocycles. The molecule has 15 nitrogen and oxygen atoms in total. The second-order valence-electron chi connectivity index (χ2n) is 8.84. The summed E-state index contributed by atoms with van der Waals surface area (Å²) < 4.78 is 91.4. The molecular weight excluding hydrogens is 628 g/mol. The summed E-state index contributed by atoms with van der Waals surface area (Å²) >= 11 is 0. The molecule has 43 heavy (non-hydrogen) atoms. The van der Waals surface area contributed by atoms with Crippen LogP contribution in [0.3, 0.4) is 0 Å². The number of benzene rings is 4. The van der Waals surface area contributed by atoms with Gasteiger partial charge >= 0.3 is 0 Å². The molecule has 0 aliphatic heterocycles. The Morgan fingerprint density at radius 2 is 1.56 bits per heavy atom. The topological polar surface area (TPSA) is 232 Å². The maximum atomic E-state index is 13.3. The first-order valence-electron chi connectivity index (χ1n) is 11.9. The number of azo groups is 1. The molecule has 0 atom stereocenters. The smallest absolute Gasteiger partial charge is 0.294 e. The van der Waals surface area contributed by atoms with Gasteiger partial charge in [-0.1, -0.05) is 18.2 Å². The predicted octanol–water partition coefficient (Wildman–Crippen LogP) is 4.72. The van der Waals surface area contributed by atoms with Crippen molar-refractivity contribution in [3.8, 4) is 11.5 Å². The van der Waals surface area contributed by atoms with E-state index in [9.17, 15) is 45.0 Å². The van der Waals surface area contributed by atoms with Crippen molar-refractivity contribution in [3.63, 3.8) is 0 Å².